The molecule has 0 radical (unpaired) electrons. The van der Waals surface area contributed by atoms with Gasteiger partial charge in [-0.05, 0) is 53.2 Å². The number of nitrogens with two attached hydrogens (primary N) is 1. The molecule has 0 saturated heterocycles. The number of carbonyl (C=O) groups excluding carboxylic acids is 1. The zero-order valence-corrected chi connectivity index (χ0v) is 14.7. The lowest BCUT2D eigenvalue weighted by Crippen LogP contribution is -2.01. The molecule has 122 valence electrons. The van der Waals surface area contributed by atoms with Crippen molar-refractivity contribution >= 4 is 52.1 Å². The van der Waals surface area contributed by atoms with Gasteiger partial charge in [-0.2, -0.15) is 4.99 Å². The van der Waals surface area contributed by atoms with Gasteiger partial charge in [-0.25, -0.2) is 0 Å². The second-order valence-electron chi connectivity index (χ2n) is 4.97. The Morgan fingerprint density at radius 2 is 1.92 bits per heavy atom. The minimum Gasteiger partial charge on any atom is -0.487 e. The van der Waals surface area contributed by atoms with E-state index in [1.165, 1.54) is 0 Å². The number of hydrogen-bond acceptors (Lipinski definition) is 4. The molecule has 2 aromatic rings. The number of ether oxygens (including phenoxy) is 1. The molecule has 0 saturated carbocycles. The molecule has 3 rings (SSSR count). The fourth-order valence-corrected chi connectivity index (χ4v) is 3.09. The summed E-state index contributed by atoms with van der Waals surface area (Å²) in [6.45, 7) is 0.385. The second-order valence-corrected chi connectivity index (χ2v) is 6.88. The van der Waals surface area contributed by atoms with Crippen molar-refractivity contribution in [2.75, 3.05) is 0 Å². The second kappa shape index (κ2) is 7.30. The molecule has 0 fully saturated rings. The summed E-state index contributed by atoms with van der Waals surface area (Å²) in [4.78, 5) is 15.7. The number of rotatable bonds is 4. The van der Waals surface area contributed by atoms with E-state index in [1.54, 1.807) is 30.3 Å². The predicted octanol–water partition coefficient (Wildman–Crippen LogP) is 4.50. The number of thioether (sulfide) groups is 1. The van der Waals surface area contributed by atoms with E-state index in [4.69, 9.17) is 33.7 Å². The van der Waals surface area contributed by atoms with Gasteiger partial charge >= 0.3 is 0 Å². The molecule has 0 spiro atoms. The number of amidine groups is 1. The number of hydrogen-bond donors (Lipinski definition) is 1. The molecule has 1 heterocycles. The summed E-state index contributed by atoms with van der Waals surface area (Å²) in [5.41, 5.74) is 7.29. The zero-order valence-electron chi connectivity index (χ0n) is 12.3. The minimum atomic E-state index is -0.336. The summed E-state index contributed by atoms with van der Waals surface area (Å²) in [6, 6.07) is 12.7. The highest BCUT2D eigenvalue weighted by Crippen LogP contribution is 2.30. The summed E-state index contributed by atoms with van der Waals surface area (Å²) >= 11 is 13.2. The van der Waals surface area contributed by atoms with Crippen LogP contribution in [-0.2, 0) is 11.4 Å². The molecule has 4 nitrogen and oxygen atoms in total. The Morgan fingerprint density at radius 3 is 2.54 bits per heavy atom. The standard InChI is InChI=1S/C17H12Cl2N2O2S/c18-12-4-1-10(2-5-12)9-23-14-6-3-11(7-13(14)19)8-15-16(22)21-17(20)24-15/h1-8H,9H2,(H2,20,21,22)/b15-8-. The molecule has 2 aromatic carbocycles. The van der Waals surface area contributed by atoms with Crippen molar-refractivity contribution < 1.29 is 9.53 Å². The van der Waals surface area contributed by atoms with Crippen LogP contribution in [0.5, 0.6) is 5.75 Å². The molecule has 1 aliphatic heterocycles. The third-order valence-corrected chi connectivity index (χ3v) is 4.56. The third-order valence-electron chi connectivity index (χ3n) is 3.20. The van der Waals surface area contributed by atoms with Crippen LogP contribution in [0.3, 0.4) is 0 Å². The quantitative estimate of drug-likeness (QED) is 0.795. The topological polar surface area (TPSA) is 64.7 Å². The molecule has 0 atom stereocenters. The van der Waals surface area contributed by atoms with Crippen LogP contribution in [0.4, 0.5) is 0 Å². The molecule has 24 heavy (non-hydrogen) atoms. The SMILES string of the molecule is NC1=NC(=O)/C(=C/c2ccc(OCc3ccc(Cl)cc3)c(Cl)c2)S1. The number of halogens is 2. The van der Waals surface area contributed by atoms with Crippen molar-refractivity contribution in [3.8, 4) is 5.75 Å². The maximum absolute atomic E-state index is 11.6. The average Bonchev–Trinajstić information content (AvgIpc) is 2.86. The van der Waals surface area contributed by atoms with Crippen LogP contribution in [0, 0.1) is 0 Å². The fraction of sp³-hybridized carbons (Fsp3) is 0.0588. The monoisotopic (exact) mass is 378 g/mol. The van der Waals surface area contributed by atoms with Crippen molar-refractivity contribution in [1.82, 2.24) is 0 Å². The van der Waals surface area contributed by atoms with Crippen LogP contribution in [0.2, 0.25) is 10.0 Å². The summed E-state index contributed by atoms with van der Waals surface area (Å²) in [6.07, 6.45) is 1.70. The summed E-state index contributed by atoms with van der Waals surface area (Å²) in [7, 11) is 0. The first-order chi connectivity index (χ1) is 11.5. The zero-order chi connectivity index (χ0) is 17.1. The maximum Gasteiger partial charge on any atom is 0.286 e. The molecule has 0 unspecified atom stereocenters. The van der Waals surface area contributed by atoms with Gasteiger partial charge in [-0.1, -0.05) is 41.4 Å². The van der Waals surface area contributed by atoms with E-state index < -0.39 is 0 Å². The molecule has 7 heteroatoms. The average molecular weight is 379 g/mol. The first kappa shape index (κ1) is 16.9. The number of aliphatic imine (C=N–C) groups is 1. The number of carbonyl (C=O) groups is 1. The van der Waals surface area contributed by atoms with Crippen LogP contribution in [0.25, 0.3) is 6.08 Å². The van der Waals surface area contributed by atoms with Crippen molar-refractivity contribution in [2.45, 2.75) is 6.61 Å². The smallest absolute Gasteiger partial charge is 0.286 e. The van der Waals surface area contributed by atoms with Gasteiger partial charge in [0.25, 0.3) is 5.91 Å². The van der Waals surface area contributed by atoms with Gasteiger partial charge in [-0.15, -0.1) is 0 Å². The normalized spacial score (nSPS) is 15.7. The predicted molar refractivity (Wildman–Crippen MR) is 99.4 cm³/mol. The lowest BCUT2D eigenvalue weighted by molar-refractivity contribution is -0.113. The van der Waals surface area contributed by atoms with E-state index >= 15 is 0 Å². The molecule has 1 aliphatic rings. The molecule has 1 amide bonds. The van der Waals surface area contributed by atoms with Crippen LogP contribution in [-0.4, -0.2) is 11.1 Å². The highest BCUT2D eigenvalue weighted by atomic mass is 35.5. The maximum atomic E-state index is 11.6. The molecule has 2 N–H and O–H groups in total. The van der Waals surface area contributed by atoms with Crippen molar-refractivity contribution in [3.63, 3.8) is 0 Å². The molecular weight excluding hydrogens is 367 g/mol. The molecule has 0 aromatic heterocycles. The van der Waals surface area contributed by atoms with Gasteiger partial charge in [0.1, 0.15) is 12.4 Å². The van der Waals surface area contributed by atoms with Gasteiger partial charge < -0.3 is 10.5 Å². The highest BCUT2D eigenvalue weighted by Gasteiger charge is 2.19. The number of nitrogens with zero attached hydrogens (tertiary/aromatic N) is 1. The van der Waals surface area contributed by atoms with E-state index in [-0.39, 0.29) is 11.1 Å². The molecule has 0 bridgehead atoms. The Bertz CT molecular complexity index is 848. The van der Waals surface area contributed by atoms with E-state index in [0.717, 1.165) is 22.9 Å². The van der Waals surface area contributed by atoms with E-state index in [1.807, 2.05) is 18.2 Å². The van der Waals surface area contributed by atoms with Gasteiger partial charge in [0.15, 0.2) is 5.17 Å². The lowest BCUT2D eigenvalue weighted by Gasteiger charge is -2.09. The van der Waals surface area contributed by atoms with Crippen molar-refractivity contribution in [2.24, 2.45) is 10.7 Å². The van der Waals surface area contributed by atoms with E-state index in [9.17, 15) is 4.79 Å². The summed E-state index contributed by atoms with van der Waals surface area (Å²) in [5, 5.41) is 1.39. The first-order valence-corrected chi connectivity index (χ1v) is 8.53. The Labute approximate surface area is 153 Å². The minimum absolute atomic E-state index is 0.250. The van der Waals surface area contributed by atoms with E-state index in [2.05, 4.69) is 4.99 Å². The third kappa shape index (κ3) is 4.12. The largest absolute Gasteiger partial charge is 0.487 e. The number of benzene rings is 2. The molecular formula is C17H12Cl2N2O2S. The van der Waals surface area contributed by atoms with Crippen molar-refractivity contribution in [3.05, 3.63) is 68.5 Å². The Kier molecular flexibility index (Phi) is 5.14. The van der Waals surface area contributed by atoms with Crippen LogP contribution < -0.4 is 10.5 Å². The Balaban J connectivity index is 1.70. The summed E-state index contributed by atoms with van der Waals surface area (Å²) in [5.74, 6) is 0.228. The van der Waals surface area contributed by atoms with Gasteiger partial charge in [0.2, 0.25) is 0 Å². The Hall–Kier alpha value is -1.95. The highest BCUT2D eigenvalue weighted by molar-refractivity contribution is 8.18. The summed E-state index contributed by atoms with van der Waals surface area (Å²) < 4.78 is 5.72. The van der Waals surface area contributed by atoms with Gasteiger partial charge in [-0.3, -0.25) is 4.79 Å². The Morgan fingerprint density at radius 1 is 1.17 bits per heavy atom. The fourth-order valence-electron chi connectivity index (χ4n) is 2.04. The lowest BCUT2D eigenvalue weighted by atomic mass is 10.2. The van der Waals surface area contributed by atoms with Crippen molar-refractivity contribution in [1.29, 1.82) is 0 Å². The number of amides is 1. The van der Waals surface area contributed by atoms with Crippen LogP contribution in [0.15, 0.2) is 52.4 Å². The van der Waals surface area contributed by atoms with Crippen LogP contribution >= 0.6 is 35.0 Å². The van der Waals surface area contributed by atoms with Gasteiger partial charge in [0.05, 0.1) is 9.93 Å². The first-order valence-electron chi connectivity index (χ1n) is 6.96. The van der Waals surface area contributed by atoms with Crippen LogP contribution in [0.1, 0.15) is 11.1 Å². The van der Waals surface area contributed by atoms with Gasteiger partial charge in [0, 0.05) is 5.02 Å². The molecule has 0 aliphatic carbocycles. The van der Waals surface area contributed by atoms with E-state index in [0.29, 0.717) is 27.3 Å².